The van der Waals surface area contributed by atoms with Gasteiger partial charge in [-0.25, -0.2) is 0 Å². The van der Waals surface area contributed by atoms with Crippen LogP contribution in [0.3, 0.4) is 0 Å². The fourth-order valence-electron chi connectivity index (χ4n) is 1.76. The zero-order valence-corrected chi connectivity index (χ0v) is 10.9. The van der Waals surface area contributed by atoms with Crippen LogP contribution >= 0.6 is 0 Å². The Morgan fingerprint density at radius 3 is 2.89 bits per heavy atom. The van der Waals surface area contributed by atoms with Crippen LogP contribution in [0, 0.1) is 6.92 Å². The number of ether oxygens (including phenoxy) is 1. The molecule has 0 saturated heterocycles. The molecule has 19 heavy (non-hydrogen) atoms. The lowest BCUT2D eigenvalue weighted by atomic mass is 10.2. The van der Waals surface area contributed by atoms with Gasteiger partial charge in [0.1, 0.15) is 12.4 Å². The first-order chi connectivity index (χ1) is 9.10. The van der Waals surface area contributed by atoms with E-state index in [9.17, 15) is 0 Å². The Bertz CT molecular complexity index is 604. The van der Waals surface area contributed by atoms with Crippen LogP contribution in [-0.4, -0.2) is 20.8 Å². The van der Waals surface area contributed by atoms with Gasteiger partial charge in [-0.15, -0.1) is 0 Å². The third-order valence-electron chi connectivity index (χ3n) is 2.72. The highest BCUT2D eigenvalue weighted by molar-refractivity contribution is 5.97. The molecule has 6 nitrogen and oxygen atoms in total. The van der Waals surface area contributed by atoms with E-state index in [2.05, 4.69) is 10.3 Å². The summed E-state index contributed by atoms with van der Waals surface area (Å²) in [6.45, 7) is 2.35. The van der Waals surface area contributed by atoms with Crippen molar-refractivity contribution in [3.8, 4) is 5.75 Å². The zero-order valence-electron chi connectivity index (χ0n) is 10.9. The van der Waals surface area contributed by atoms with Gasteiger partial charge in [0.05, 0.1) is 11.4 Å². The molecule has 0 spiro atoms. The lowest BCUT2D eigenvalue weighted by molar-refractivity contribution is 0.294. The lowest BCUT2D eigenvalue weighted by Crippen LogP contribution is -2.13. The monoisotopic (exact) mass is 260 g/mol. The second-order valence-corrected chi connectivity index (χ2v) is 4.20. The molecule has 0 aliphatic heterocycles. The summed E-state index contributed by atoms with van der Waals surface area (Å²) in [7, 11) is 1.87. The Hall–Kier alpha value is -2.50. The predicted octanol–water partition coefficient (Wildman–Crippen LogP) is 1.40. The number of hydrogen-bond donors (Lipinski definition) is 2. The van der Waals surface area contributed by atoms with Gasteiger partial charge in [0.2, 0.25) is 0 Å². The van der Waals surface area contributed by atoms with E-state index in [1.807, 2.05) is 26.1 Å². The molecule has 0 aliphatic rings. The molecule has 0 amide bonds. The van der Waals surface area contributed by atoms with Gasteiger partial charge in [-0.1, -0.05) is 17.3 Å². The van der Waals surface area contributed by atoms with Crippen molar-refractivity contribution in [3.63, 3.8) is 0 Å². The SMILES string of the molecule is Cc1cc(COc2cccc(C(N)=NO)c2)n(C)n1. The van der Waals surface area contributed by atoms with Crippen LogP contribution in [0.5, 0.6) is 5.75 Å². The topological polar surface area (TPSA) is 85.7 Å². The van der Waals surface area contributed by atoms with Crippen molar-refractivity contribution in [2.75, 3.05) is 0 Å². The molecular weight excluding hydrogens is 244 g/mol. The molecule has 1 heterocycles. The summed E-state index contributed by atoms with van der Waals surface area (Å²) in [5.41, 5.74) is 8.07. The van der Waals surface area contributed by atoms with Crippen molar-refractivity contribution < 1.29 is 9.94 Å². The fourth-order valence-corrected chi connectivity index (χ4v) is 1.76. The van der Waals surface area contributed by atoms with Gasteiger partial charge in [-0.3, -0.25) is 4.68 Å². The van der Waals surface area contributed by atoms with Crippen molar-refractivity contribution in [2.24, 2.45) is 17.9 Å². The van der Waals surface area contributed by atoms with E-state index >= 15 is 0 Å². The largest absolute Gasteiger partial charge is 0.487 e. The van der Waals surface area contributed by atoms with Gasteiger partial charge < -0.3 is 15.7 Å². The summed E-state index contributed by atoms with van der Waals surface area (Å²) in [5, 5.41) is 15.8. The molecule has 0 atom stereocenters. The second-order valence-electron chi connectivity index (χ2n) is 4.20. The summed E-state index contributed by atoms with van der Waals surface area (Å²) in [4.78, 5) is 0. The molecule has 0 saturated carbocycles. The predicted molar refractivity (Wildman–Crippen MR) is 71.2 cm³/mol. The lowest BCUT2D eigenvalue weighted by Gasteiger charge is -2.07. The van der Waals surface area contributed by atoms with E-state index in [-0.39, 0.29) is 5.84 Å². The Morgan fingerprint density at radius 2 is 2.26 bits per heavy atom. The van der Waals surface area contributed by atoms with E-state index < -0.39 is 0 Å². The molecule has 0 unspecified atom stereocenters. The van der Waals surface area contributed by atoms with Crippen LogP contribution in [0.2, 0.25) is 0 Å². The molecule has 100 valence electrons. The third-order valence-corrected chi connectivity index (χ3v) is 2.72. The maximum Gasteiger partial charge on any atom is 0.170 e. The molecule has 6 heteroatoms. The molecule has 0 aliphatic carbocycles. The first kappa shape index (κ1) is 12.9. The molecule has 0 bridgehead atoms. The third kappa shape index (κ3) is 3.04. The number of oxime groups is 1. The van der Waals surface area contributed by atoms with Crippen LogP contribution in [0.1, 0.15) is 17.0 Å². The molecule has 1 aromatic heterocycles. The summed E-state index contributed by atoms with van der Waals surface area (Å²) in [6, 6.07) is 9.04. The summed E-state index contributed by atoms with van der Waals surface area (Å²) >= 11 is 0. The highest BCUT2D eigenvalue weighted by Crippen LogP contribution is 2.15. The number of nitrogens with two attached hydrogens (primary N) is 1. The van der Waals surface area contributed by atoms with Crippen molar-refractivity contribution in [2.45, 2.75) is 13.5 Å². The average Bonchev–Trinajstić information content (AvgIpc) is 2.74. The molecule has 3 N–H and O–H groups in total. The Kier molecular flexibility index (Phi) is 3.70. The van der Waals surface area contributed by atoms with Gasteiger partial charge in [0.25, 0.3) is 0 Å². The van der Waals surface area contributed by atoms with Crippen LogP contribution in [0.4, 0.5) is 0 Å². The van der Waals surface area contributed by atoms with Crippen molar-refractivity contribution in [3.05, 3.63) is 47.3 Å². The van der Waals surface area contributed by atoms with Crippen LogP contribution in [-0.2, 0) is 13.7 Å². The number of rotatable bonds is 4. The standard InChI is InChI=1S/C13H16N4O2/c1-9-6-11(17(2)15-9)8-19-12-5-3-4-10(7-12)13(14)16-18/h3-7,18H,8H2,1-2H3,(H2,14,16). The quantitative estimate of drug-likeness (QED) is 0.376. The van der Waals surface area contributed by atoms with Crippen molar-refractivity contribution in [1.29, 1.82) is 0 Å². The van der Waals surface area contributed by atoms with Gasteiger partial charge in [0, 0.05) is 12.6 Å². The first-order valence-electron chi connectivity index (χ1n) is 5.80. The molecule has 2 aromatic rings. The number of benzene rings is 1. The number of nitrogens with zero attached hydrogens (tertiary/aromatic N) is 3. The summed E-state index contributed by atoms with van der Waals surface area (Å²) in [5.74, 6) is 0.713. The van der Waals surface area contributed by atoms with Gasteiger partial charge >= 0.3 is 0 Å². The average molecular weight is 260 g/mol. The van der Waals surface area contributed by atoms with Crippen LogP contribution < -0.4 is 10.5 Å². The minimum Gasteiger partial charge on any atom is -0.487 e. The van der Waals surface area contributed by atoms with Gasteiger partial charge in [0.15, 0.2) is 5.84 Å². The van der Waals surface area contributed by atoms with E-state index in [0.717, 1.165) is 11.4 Å². The summed E-state index contributed by atoms with van der Waals surface area (Å²) in [6.07, 6.45) is 0. The second kappa shape index (κ2) is 5.43. The number of amidine groups is 1. The Morgan fingerprint density at radius 1 is 1.47 bits per heavy atom. The minimum absolute atomic E-state index is 0.0572. The zero-order chi connectivity index (χ0) is 13.8. The van der Waals surface area contributed by atoms with E-state index in [1.165, 1.54) is 0 Å². The van der Waals surface area contributed by atoms with Gasteiger partial charge in [-0.05, 0) is 25.1 Å². The van der Waals surface area contributed by atoms with E-state index in [0.29, 0.717) is 17.9 Å². The normalized spacial score (nSPS) is 11.6. The first-order valence-corrected chi connectivity index (χ1v) is 5.80. The molecule has 0 fully saturated rings. The number of hydrogen-bond acceptors (Lipinski definition) is 4. The number of aryl methyl sites for hydroxylation is 2. The smallest absolute Gasteiger partial charge is 0.170 e. The summed E-state index contributed by atoms with van der Waals surface area (Å²) < 4.78 is 7.45. The van der Waals surface area contributed by atoms with E-state index in [1.54, 1.807) is 22.9 Å². The maximum atomic E-state index is 8.64. The van der Waals surface area contributed by atoms with Crippen molar-refractivity contribution in [1.82, 2.24) is 9.78 Å². The Labute approximate surface area is 111 Å². The van der Waals surface area contributed by atoms with Gasteiger partial charge in [-0.2, -0.15) is 5.10 Å². The molecule has 1 aromatic carbocycles. The highest BCUT2D eigenvalue weighted by Gasteiger charge is 2.05. The molecule has 0 radical (unpaired) electrons. The van der Waals surface area contributed by atoms with Crippen molar-refractivity contribution >= 4 is 5.84 Å². The Balaban J connectivity index is 2.10. The van der Waals surface area contributed by atoms with Crippen LogP contribution in [0.15, 0.2) is 35.5 Å². The fraction of sp³-hybridized carbons (Fsp3) is 0.231. The number of aromatic nitrogens is 2. The maximum absolute atomic E-state index is 8.64. The molecule has 2 rings (SSSR count). The van der Waals surface area contributed by atoms with Crippen LogP contribution in [0.25, 0.3) is 0 Å². The molecular formula is C13H16N4O2. The minimum atomic E-state index is 0.0572. The highest BCUT2D eigenvalue weighted by atomic mass is 16.5. The van der Waals surface area contributed by atoms with E-state index in [4.69, 9.17) is 15.7 Å².